The van der Waals surface area contributed by atoms with E-state index in [1.165, 1.54) is 0 Å². The molecule has 1 unspecified atom stereocenters. The number of fused-ring (bicyclic) bond motifs is 1. The molecular weight excluding hydrogens is 429 g/mol. The lowest BCUT2D eigenvalue weighted by Crippen LogP contribution is -2.37. The second kappa shape index (κ2) is 8.72. The van der Waals surface area contributed by atoms with Crippen LogP contribution in [0.1, 0.15) is 31.9 Å². The zero-order valence-electron chi connectivity index (χ0n) is 13.4. The molecule has 1 aliphatic heterocycles. The molecule has 6 nitrogen and oxygen atoms in total. The first-order valence-electron chi connectivity index (χ1n) is 7.40. The highest BCUT2D eigenvalue weighted by Gasteiger charge is 2.21. The normalized spacial score (nSPS) is 17.9. The molecule has 0 bridgehead atoms. The van der Waals surface area contributed by atoms with Crippen molar-refractivity contribution in [1.29, 1.82) is 0 Å². The van der Waals surface area contributed by atoms with Gasteiger partial charge >= 0.3 is 0 Å². The summed E-state index contributed by atoms with van der Waals surface area (Å²) in [6, 6.07) is 7.82. The zero-order chi connectivity index (χ0) is 16.2. The van der Waals surface area contributed by atoms with E-state index in [9.17, 15) is 8.42 Å². The topological polar surface area (TPSA) is 93.8 Å². The molecule has 0 aromatic heterocycles. The van der Waals surface area contributed by atoms with Gasteiger partial charge in [-0.3, -0.25) is 4.99 Å². The van der Waals surface area contributed by atoms with Crippen LogP contribution in [0.25, 0.3) is 0 Å². The highest BCUT2D eigenvalue weighted by Crippen LogP contribution is 2.31. The maximum absolute atomic E-state index is 11.7. The van der Waals surface area contributed by atoms with Crippen LogP contribution in [0.4, 0.5) is 0 Å². The number of rotatable bonds is 5. The van der Waals surface area contributed by atoms with Crippen LogP contribution >= 0.6 is 24.0 Å². The van der Waals surface area contributed by atoms with Crippen LogP contribution in [0.3, 0.4) is 0 Å². The van der Waals surface area contributed by atoms with Gasteiger partial charge in [0.1, 0.15) is 5.75 Å². The predicted molar refractivity (Wildman–Crippen MR) is 103 cm³/mol. The molecule has 8 heteroatoms. The van der Waals surface area contributed by atoms with E-state index in [0.29, 0.717) is 6.61 Å². The van der Waals surface area contributed by atoms with Crippen molar-refractivity contribution in [3.63, 3.8) is 0 Å². The molecular formula is C15H24IN3O3S. The van der Waals surface area contributed by atoms with Crippen molar-refractivity contribution in [3.05, 3.63) is 29.8 Å². The monoisotopic (exact) mass is 453 g/mol. The molecule has 0 spiro atoms. The summed E-state index contributed by atoms with van der Waals surface area (Å²) in [4.78, 5) is 4.12. The largest absolute Gasteiger partial charge is 0.493 e. The van der Waals surface area contributed by atoms with Crippen LogP contribution in [-0.2, 0) is 9.84 Å². The number of hydrogen-bond donors (Lipinski definition) is 2. The van der Waals surface area contributed by atoms with E-state index in [4.69, 9.17) is 10.5 Å². The molecule has 0 aliphatic carbocycles. The second-order valence-electron chi connectivity index (χ2n) is 5.55. The van der Waals surface area contributed by atoms with Gasteiger partial charge in [-0.25, -0.2) is 8.42 Å². The Hall–Kier alpha value is -1.03. The highest BCUT2D eigenvalue weighted by atomic mass is 127. The fraction of sp³-hybridized carbons (Fsp3) is 0.533. The van der Waals surface area contributed by atoms with Gasteiger partial charge < -0.3 is 15.8 Å². The molecule has 0 fully saturated rings. The minimum atomic E-state index is -3.09. The lowest BCUT2D eigenvalue weighted by Gasteiger charge is -2.26. The Morgan fingerprint density at radius 1 is 1.43 bits per heavy atom. The minimum Gasteiger partial charge on any atom is -0.493 e. The number of ether oxygens (including phenoxy) is 1. The van der Waals surface area contributed by atoms with Crippen LogP contribution in [0, 0.1) is 0 Å². The van der Waals surface area contributed by atoms with Crippen molar-refractivity contribution in [2.45, 2.75) is 31.6 Å². The lowest BCUT2D eigenvalue weighted by molar-refractivity contribution is 0.262. The third-order valence-corrected chi connectivity index (χ3v) is 5.84. The van der Waals surface area contributed by atoms with Gasteiger partial charge in [-0.05, 0) is 19.9 Å². The summed E-state index contributed by atoms with van der Waals surface area (Å²) >= 11 is 0. The Morgan fingerprint density at radius 2 is 2.13 bits per heavy atom. The first kappa shape index (κ1) is 20.0. The van der Waals surface area contributed by atoms with E-state index in [-0.39, 0.29) is 53.5 Å². The summed E-state index contributed by atoms with van der Waals surface area (Å²) in [5.41, 5.74) is 6.91. The Morgan fingerprint density at radius 3 is 2.83 bits per heavy atom. The van der Waals surface area contributed by atoms with Crippen molar-refractivity contribution in [1.82, 2.24) is 5.32 Å². The molecule has 0 amide bonds. The molecule has 0 radical (unpaired) electrons. The number of hydrogen-bond acceptors (Lipinski definition) is 4. The summed E-state index contributed by atoms with van der Waals surface area (Å²) in [6.07, 6.45) is 0.789. The molecule has 0 saturated carbocycles. The number of nitrogens with two attached hydrogens (primary N) is 1. The molecule has 2 rings (SSSR count). The number of benzene rings is 1. The Kier molecular flexibility index (Phi) is 7.59. The smallest absolute Gasteiger partial charge is 0.189 e. The average Bonchev–Trinajstić information content (AvgIpc) is 2.47. The molecule has 1 aliphatic rings. The fourth-order valence-electron chi connectivity index (χ4n) is 2.25. The van der Waals surface area contributed by atoms with Gasteiger partial charge in [0.25, 0.3) is 0 Å². The molecule has 1 heterocycles. The van der Waals surface area contributed by atoms with Gasteiger partial charge in [0.05, 0.1) is 30.2 Å². The second-order valence-corrected chi connectivity index (χ2v) is 8.23. The van der Waals surface area contributed by atoms with E-state index in [1.807, 2.05) is 24.3 Å². The first-order chi connectivity index (χ1) is 10.4. The van der Waals surface area contributed by atoms with E-state index in [0.717, 1.165) is 17.7 Å². The standard InChI is InChI=1S/C15H23N3O3S.HI/c1-11(2)22(19,20)10-8-17-15(16)18-13-7-9-21-14-6-4-3-5-12(13)14;/h3-6,11,13H,7-10H2,1-2H3,(H3,16,17,18);1H. The number of halogens is 1. The summed E-state index contributed by atoms with van der Waals surface area (Å²) in [6.45, 7) is 4.12. The summed E-state index contributed by atoms with van der Waals surface area (Å²) in [5, 5.41) is 2.75. The third kappa shape index (κ3) is 5.52. The summed E-state index contributed by atoms with van der Waals surface area (Å²) < 4.78 is 29.0. The van der Waals surface area contributed by atoms with Gasteiger partial charge in [-0.15, -0.1) is 24.0 Å². The van der Waals surface area contributed by atoms with Gasteiger partial charge in [-0.1, -0.05) is 18.2 Å². The zero-order valence-corrected chi connectivity index (χ0v) is 16.5. The van der Waals surface area contributed by atoms with Crippen molar-refractivity contribution in [3.8, 4) is 5.75 Å². The maximum atomic E-state index is 11.7. The van der Waals surface area contributed by atoms with Crippen molar-refractivity contribution < 1.29 is 13.2 Å². The quantitative estimate of drug-likeness (QED) is 0.403. The van der Waals surface area contributed by atoms with Crippen LogP contribution in [0.15, 0.2) is 29.3 Å². The summed E-state index contributed by atoms with van der Waals surface area (Å²) in [5.74, 6) is 1.12. The Balaban J connectivity index is 0.00000264. The molecule has 1 aromatic carbocycles. The number of guanidine groups is 1. The number of nitrogens with zero attached hydrogens (tertiary/aromatic N) is 1. The SMILES string of the molecule is CC(C)S(=O)(=O)CCN=C(N)NC1CCOc2ccccc21.I. The van der Waals surface area contributed by atoms with Crippen LogP contribution in [0.5, 0.6) is 5.75 Å². The first-order valence-corrected chi connectivity index (χ1v) is 9.11. The van der Waals surface area contributed by atoms with Crippen molar-refractivity contribution in [2.75, 3.05) is 18.9 Å². The van der Waals surface area contributed by atoms with Crippen LogP contribution in [-0.4, -0.2) is 38.5 Å². The Labute approximate surface area is 154 Å². The van der Waals surface area contributed by atoms with Crippen LogP contribution in [0.2, 0.25) is 0 Å². The number of sulfone groups is 1. The van der Waals surface area contributed by atoms with Gasteiger partial charge in [0.2, 0.25) is 0 Å². The molecule has 1 aromatic rings. The Bertz CT molecular complexity index is 647. The van der Waals surface area contributed by atoms with Gasteiger partial charge in [0.15, 0.2) is 15.8 Å². The number of aliphatic imine (C=N–C) groups is 1. The van der Waals surface area contributed by atoms with E-state index < -0.39 is 9.84 Å². The molecule has 23 heavy (non-hydrogen) atoms. The van der Waals surface area contributed by atoms with E-state index in [2.05, 4.69) is 10.3 Å². The van der Waals surface area contributed by atoms with Crippen LogP contribution < -0.4 is 15.8 Å². The van der Waals surface area contributed by atoms with Gasteiger partial charge in [0, 0.05) is 12.0 Å². The number of para-hydroxylation sites is 1. The van der Waals surface area contributed by atoms with Crippen molar-refractivity contribution in [2.24, 2.45) is 10.7 Å². The lowest BCUT2D eigenvalue weighted by atomic mass is 10.0. The molecule has 130 valence electrons. The number of nitrogens with one attached hydrogen (secondary N) is 1. The maximum Gasteiger partial charge on any atom is 0.189 e. The fourth-order valence-corrected chi connectivity index (χ4v) is 3.06. The molecule has 1 atom stereocenters. The third-order valence-electron chi connectivity index (χ3n) is 3.66. The van der Waals surface area contributed by atoms with E-state index >= 15 is 0 Å². The van der Waals surface area contributed by atoms with Gasteiger partial charge in [-0.2, -0.15) is 0 Å². The van der Waals surface area contributed by atoms with E-state index in [1.54, 1.807) is 13.8 Å². The summed E-state index contributed by atoms with van der Waals surface area (Å²) in [7, 11) is -3.09. The average molecular weight is 453 g/mol. The predicted octanol–water partition coefficient (Wildman–Crippen LogP) is 1.86. The minimum absolute atomic E-state index is 0. The van der Waals surface area contributed by atoms with Crippen molar-refractivity contribution >= 4 is 39.8 Å². The highest BCUT2D eigenvalue weighted by molar-refractivity contribution is 14.0. The molecule has 0 saturated heterocycles. The molecule has 3 N–H and O–H groups in total.